The number of benzene rings is 1. The van der Waals surface area contributed by atoms with Gasteiger partial charge in [-0.1, -0.05) is 0 Å². The molecule has 6 heteroatoms. The minimum atomic E-state index is -0.665. The zero-order chi connectivity index (χ0) is 13.8. The van der Waals surface area contributed by atoms with E-state index in [1.165, 1.54) is 24.5 Å². The first-order valence-electron chi connectivity index (χ1n) is 5.32. The predicted molar refractivity (Wildman–Crippen MR) is 66.2 cm³/mol. The van der Waals surface area contributed by atoms with E-state index in [0.717, 1.165) is 6.07 Å². The summed E-state index contributed by atoms with van der Waals surface area (Å²) in [5.41, 5.74) is 0.117. The maximum Gasteiger partial charge on any atom is 0.279 e. The number of carbonyl (C=O) groups is 2. The number of aldehydes is 1. The fourth-order valence-electron chi connectivity index (χ4n) is 1.62. The molecule has 0 unspecified atom stereocenters. The average molecular weight is 256 g/mol. The zero-order valence-electron chi connectivity index (χ0n) is 9.65. The van der Waals surface area contributed by atoms with Gasteiger partial charge in [0.2, 0.25) is 0 Å². The number of hydrogen-bond donors (Lipinski definition) is 0. The summed E-state index contributed by atoms with van der Waals surface area (Å²) in [6, 6.07) is 6.87. The molecule has 0 saturated carbocycles. The molecule has 0 aliphatic heterocycles. The normalized spacial score (nSPS) is 9.89. The predicted octanol–water partition coefficient (Wildman–Crippen LogP) is 2.03. The van der Waals surface area contributed by atoms with E-state index in [2.05, 4.69) is 4.98 Å². The van der Waals surface area contributed by atoms with E-state index in [9.17, 15) is 19.7 Å². The number of ketones is 1. The lowest BCUT2D eigenvalue weighted by atomic mass is 10.0. The van der Waals surface area contributed by atoms with Gasteiger partial charge in [0, 0.05) is 29.6 Å². The number of nitro groups is 1. The lowest BCUT2D eigenvalue weighted by molar-refractivity contribution is -0.385. The van der Waals surface area contributed by atoms with Gasteiger partial charge in [0.25, 0.3) is 5.69 Å². The second-order valence-corrected chi connectivity index (χ2v) is 3.72. The SMILES string of the molecule is O=Cc1cc(C(=O)c2cccnc2)ccc1[N+](=O)[O-]. The molecule has 19 heavy (non-hydrogen) atoms. The van der Waals surface area contributed by atoms with Crippen LogP contribution in [0.2, 0.25) is 0 Å². The number of carbonyl (C=O) groups excluding carboxylic acids is 2. The molecule has 0 fully saturated rings. The van der Waals surface area contributed by atoms with Crippen molar-refractivity contribution in [3.63, 3.8) is 0 Å². The van der Waals surface area contributed by atoms with Crippen LogP contribution >= 0.6 is 0 Å². The molecule has 0 atom stereocenters. The fraction of sp³-hybridized carbons (Fsp3) is 0. The Kier molecular flexibility index (Phi) is 3.42. The van der Waals surface area contributed by atoms with Gasteiger partial charge in [-0.15, -0.1) is 0 Å². The first-order chi connectivity index (χ1) is 9.13. The third-order valence-electron chi connectivity index (χ3n) is 2.54. The van der Waals surface area contributed by atoms with E-state index in [0.29, 0.717) is 11.8 Å². The summed E-state index contributed by atoms with van der Waals surface area (Å²) in [7, 11) is 0. The number of nitrogens with zero attached hydrogens (tertiary/aromatic N) is 2. The summed E-state index contributed by atoms with van der Waals surface area (Å²) >= 11 is 0. The second kappa shape index (κ2) is 5.18. The van der Waals surface area contributed by atoms with Crippen LogP contribution in [0.3, 0.4) is 0 Å². The Morgan fingerprint density at radius 3 is 2.63 bits per heavy atom. The summed E-state index contributed by atoms with van der Waals surface area (Å²) < 4.78 is 0. The van der Waals surface area contributed by atoms with E-state index in [-0.39, 0.29) is 22.6 Å². The molecule has 0 spiro atoms. The van der Waals surface area contributed by atoms with Crippen molar-refractivity contribution in [1.82, 2.24) is 4.98 Å². The maximum absolute atomic E-state index is 12.1. The third kappa shape index (κ3) is 2.52. The average Bonchev–Trinajstić information content (AvgIpc) is 2.46. The number of hydrogen-bond acceptors (Lipinski definition) is 5. The summed E-state index contributed by atoms with van der Waals surface area (Å²) in [4.78, 5) is 36.7. The van der Waals surface area contributed by atoms with Gasteiger partial charge in [-0.25, -0.2) is 0 Å². The van der Waals surface area contributed by atoms with Crippen LogP contribution in [0.1, 0.15) is 26.3 Å². The van der Waals surface area contributed by atoms with Gasteiger partial charge in [-0.2, -0.15) is 0 Å². The van der Waals surface area contributed by atoms with Crippen molar-refractivity contribution >= 4 is 17.8 Å². The molecule has 0 amide bonds. The smallest absolute Gasteiger partial charge is 0.279 e. The molecule has 0 N–H and O–H groups in total. The highest BCUT2D eigenvalue weighted by Crippen LogP contribution is 2.20. The van der Waals surface area contributed by atoms with Crippen molar-refractivity contribution in [1.29, 1.82) is 0 Å². The van der Waals surface area contributed by atoms with Crippen molar-refractivity contribution in [3.05, 3.63) is 69.5 Å². The van der Waals surface area contributed by atoms with Crippen molar-refractivity contribution in [3.8, 4) is 0 Å². The van der Waals surface area contributed by atoms with Gasteiger partial charge in [-0.05, 0) is 24.3 Å². The minimum Gasteiger partial charge on any atom is -0.298 e. The number of rotatable bonds is 4. The minimum absolute atomic E-state index is 0.125. The number of nitro benzene ring substituents is 1. The molecule has 2 rings (SSSR count). The van der Waals surface area contributed by atoms with Crippen LogP contribution in [-0.4, -0.2) is 22.0 Å². The Bertz CT molecular complexity index is 653. The Hall–Kier alpha value is -2.89. The lowest BCUT2D eigenvalue weighted by Crippen LogP contribution is -2.04. The Labute approximate surface area is 107 Å². The summed E-state index contributed by atoms with van der Waals surface area (Å²) in [5, 5.41) is 10.7. The van der Waals surface area contributed by atoms with Crippen molar-refractivity contribution in [2.75, 3.05) is 0 Å². The molecule has 0 radical (unpaired) electrons. The number of aromatic nitrogens is 1. The summed E-state index contributed by atoms with van der Waals surface area (Å²) in [5.74, 6) is -0.342. The van der Waals surface area contributed by atoms with Gasteiger partial charge in [0.1, 0.15) is 0 Å². The monoisotopic (exact) mass is 256 g/mol. The third-order valence-corrected chi connectivity index (χ3v) is 2.54. The highest BCUT2D eigenvalue weighted by molar-refractivity contribution is 6.09. The molecule has 94 valence electrons. The largest absolute Gasteiger partial charge is 0.298 e. The van der Waals surface area contributed by atoms with Gasteiger partial charge < -0.3 is 0 Å². The van der Waals surface area contributed by atoms with Crippen LogP contribution in [0, 0.1) is 10.1 Å². The molecule has 1 heterocycles. The van der Waals surface area contributed by atoms with Crippen molar-refractivity contribution in [2.45, 2.75) is 0 Å². The van der Waals surface area contributed by atoms with Crippen LogP contribution in [0.4, 0.5) is 5.69 Å². The van der Waals surface area contributed by atoms with Crippen LogP contribution in [-0.2, 0) is 0 Å². The van der Waals surface area contributed by atoms with E-state index in [1.807, 2.05) is 0 Å². The molecular weight excluding hydrogens is 248 g/mol. The fourth-order valence-corrected chi connectivity index (χ4v) is 1.62. The van der Waals surface area contributed by atoms with E-state index in [4.69, 9.17) is 0 Å². The first-order valence-corrected chi connectivity index (χ1v) is 5.32. The number of pyridine rings is 1. The summed E-state index contributed by atoms with van der Waals surface area (Å²) in [6.07, 6.45) is 3.28. The Balaban J connectivity index is 2.45. The first kappa shape index (κ1) is 12.6. The van der Waals surface area contributed by atoms with Crippen LogP contribution in [0.15, 0.2) is 42.7 Å². The van der Waals surface area contributed by atoms with Crippen molar-refractivity contribution in [2.24, 2.45) is 0 Å². The molecule has 1 aromatic carbocycles. The standard InChI is InChI=1S/C13H8N2O4/c16-8-11-6-9(3-4-12(11)15(18)19)13(17)10-2-1-5-14-7-10/h1-8H. The van der Waals surface area contributed by atoms with Gasteiger partial charge in [0.05, 0.1) is 10.5 Å². The molecule has 1 aromatic heterocycles. The molecular formula is C13H8N2O4. The van der Waals surface area contributed by atoms with Crippen LogP contribution in [0.5, 0.6) is 0 Å². The van der Waals surface area contributed by atoms with Gasteiger partial charge in [0.15, 0.2) is 12.1 Å². The van der Waals surface area contributed by atoms with Crippen LogP contribution < -0.4 is 0 Å². The molecule has 0 aliphatic rings. The highest BCUT2D eigenvalue weighted by atomic mass is 16.6. The molecule has 6 nitrogen and oxygen atoms in total. The Morgan fingerprint density at radius 1 is 1.26 bits per heavy atom. The molecule has 0 aliphatic carbocycles. The van der Waals surface area contributed by atoms with E-state index < -0.39 is 4.92 Å². The van der Waals surface area contributed by atoms with E-state index in [1.54, 1.807) is 12.1 Å². The molecule has 2 aromatic rings. The maximum atomic E-state index is 12.1. The van der Waals surface area contributed by atoms with Crippen molar-refractivity contribution < 1.29 is 14.5 Å². The van der Waals surface area contributed by atoms with E-state index >= 15 is 0 Å². The lowest BCUT2D eigenvalue weighted by Gasteiger charge is -2.02. The van der Waals surface area contributed by atoms with Gasteiger partial charge in [-0.3, -0.25) is 24.7 Å². The van der Waals surface area contributed by atoms with Crippen LogP contribution in [0.25, 0.3) is 0 Å². The quantitative estimate of drug-likeness (QED) is 0.361. The highest BCUT2D eigenvalue weighted by Gasteiger charge is 2.17. The molecule has 0 saturated heterocycles. The summed E-state index contributed by atoms with van der Waals surface area (Å²) in [6.45, 7) is 0. The second-order valence-electron chi connectivity index (χ2n) is 3.72. The zero-order valence-corrected chi connectivity index (χ0v) is 9.65. The Morgan fingerprint density at radius 2 is 2.05 bits per heavy atom. The molecule has 0 bridgehead atoms. The van der Waals surface area contributed by atoms with Gasteiger partial charge >= 0.3 is 0 Å². The topological polar surface area (TPSA) is 90.2 Å².